The van der Waals surface area contributed by atoms with Crippen molar-refractivity contribution in [3.8, 4) is 5.75 Å². The van der Waals surface area contributed by atoms with Crippen LogP contribution in [0.3, 0.4) is 0 Å². The van der Waals surface area contributed by atoms with Gasteiger partial charge in [0.15, 0.2) is 0 Å². The van der Waals surface area contributed by atoms with Crippen LogP contribution in [0, 0.1) is 0 Å². The lowest BCUT2D eigenvalue weighted by Crippen LogP contribution is -2.35. The first-order valence-corrected chi connectivity index (χ1v) is 12.5. The molecule has 0 aliphatic carbocycles. The molecule has 2 aromatic carbocycles. The summed E-state index contributed by atoms with van der Waals surface area (Å²) in [6.45, 7) is 1.68. The Hall–Kier alpha value is -1.17. The van der Waals surface area contributed by atoms with Gasteiger partial charge in [-0.15, -0.1) is 0 Å². The lowest BCUT2D eigenvalue weighted by atomic mass is 10.3. The quantitative estimate of drug-likeness (QED) is 0.335. The molecule has 0 radical (unpaired) electrons. The maximum absolute atomic E-state index is 13.6. The highest BCUT2D eigenvalue weighted by atomic mass is 35.5. The molecule has 0 aliphatic rings. The van der Waals surface area contributed by atoms with Crippen molar-refractivity contribution >= 4 is 47.3 Å². The molecule has 1 N–H and O–H groups in total. The number of nitrogens with one attached hydrogen (secondary N) is 1. The van der Waals surface area contributed by atoms with Crippen LogP contribution < -0.4 is 9.61 Å². The van der Waals surface area contributed by atoms with Gasteiger partial charge in [-0.2, -0.15) is 0 Å². The second-order valence-electron chi connectivity index (χ2n) is 6.10. The summed E-state index contributed by atoms with van der Waals surface area (Å²) in [4.78, 5) is 12.8. The monoisotopic (exact) mass is 461 g/mol. The Balaban J connectivity index is 2.25. The maximum Gasteiger partial charge on any atom is 0.379 e. The summed E-state index contributed by atoms with van der Waals surface area (Å²) < 4.78 is 24.6. The van der Waals surface area contributed by atoms with Crippen molar-refractivity contribution in [2.24, 2.45) is 0 Å². The highest BCUT2D eigenvalue weighted by molar-refractivity contribution is 8.56. The minimum Gasteiger partial charge on any atom is -0.462 e. The smallest absolute Gasteiger partial charge is 0.379 e. The van der Waals surface area contributed by atoms with Crippen LogP contribution >= 0.6 is 41.3 Å². The van der Waals surface area contributed by atoms with Gasteiger partial charge in [-0.3, -0.25) is 4.79 Å². The van der Waals surface area contributed by atoms with Crippen LogP contribution in [0.1, 0.15) is 27.2 Å². The normalized spacial score (nSPS) is 15.3. The zero-order valence-corrected chi connectivity index (χ0v) is 18.9. The minimum atomic E-state index is -3.62. The fraction of sp³-hybridized carbons (Fsp3) is 0.316. The van der Waals surface area contributed by atoms with E-state index >= 15 is 0 Å². The average molecular weight is 462 g/mol. The molecule has 152 valence electrons. The third-order valence-electron chi connectivity index (χ3n) is 3.63. The zero-order valence-electron chi connectivity index (χ0n) is 15.7. The summed E-state index contributed by atoms with van der Waals surface area (Å²) in [5, 5.41) is 3.61. The third-order valence-corrected chi connectivity index (χ3v) is 7.80. The zero-order chi connectivity index (χ0) is 20.7. The summed E-state index contributed by atoms with van der Waals surface area (Å²) in [5.74, 6) is -0.0996. The molecule has 0 saturated heterocycles. The predicted molar refractivity (Wildman–Crippen MR) is 115 cm³/mol. The van der Waals surface area contributed by atoms with Gasteiger partial charge in [0.05, 0.1) is 6.10 Å². The number of para-hydroxylation sites is 1. The number of hydrogen-bond acceptors (Lipinski definition) is 5. The average Bonchev–Trinajstić information content (AvgIpc) is 2.60. The number of ether oxygens (including phenoxy) is 1. The van der Waals surface area contributed by atoms with E-state index in [-0.39, 0.29) is 6.10 Å². The molecule has 0 aromatic heterocycles. The lowest BCUT2D eigenvalue weighted by Gasteiger charge is -2.23. The van der Waals surface area contributed by atoms with Crippen LogP contribution in [0.25, 0.3) is 0 Å². The van der Waals surface area contributed by atoms with E-state index in [0.29, 0.717) is 27.1 Å². The molecule has 0 unspecified atom stereocenters. The van der Waals surface area contributed by atoms with Crippen LogP contribution in [0.4, 0.5) is 0 Å². The Labute approximate surface area is 179 Å². The molecule has 0 fully saturated rings. The van der Waals surface area contributed by atoms with Crippen molar-refractivity contribution in [3.63, 3.8) is 0 Å². The molecule has 28 heavy (non-hydrogen) atoms. The Morgan fingerprint density at radius 2 is 1.75 bits per heavy atom. The molecule has 0 spiro atoms. The van der Waals surface area contributed by atoms with Crippen LogP contribution in [0.15, 0.2) is 53.4 Å². The first-order chi connectivity index (χ1) is 13.2. The van der Waals surface area contributed by atoms with E-state index in [0.717, 1.165) is 11.4 Å². The summed E-state index contributed by atoms with van der Waals surface area (Å²) >= 11 is 13.0. The first-order valence-electron chi connectivity index (χ1n) is 8.69. The van der Waals surface area contributed by atoms with E-state index in [1.54, 1.807) is 56.3 Å². The van der Waals surface area contributed by atoms with E-state index in [9.17, 15) is 9.36 Å². The van der Waals surface area contributed by atoms with E-state index in [1.807, 2.05) is 13.0 Å². The minimum absolute atomic E-state index is 0.231. The van der Waals surface area contributed by atoms with Crippen molar-refractivity contribution in [1.82, 2.24) is 5.09 Å². The summed E-state index contributed by atoms with van der Waals surface area (Å²) in [6.07, 6.45) is 0.456. The summed E-state index contributed by atoms with van der Waals surface area (Å²) in [7, 11) is 0. The van der Waals surface area contributed by atoms with Crippen LogP contribution in [0.2, 0.25) is 10.0 Å². The first kappa shape index (κ1) is 23.1. The van der Waals surface area contributed by atoms with Gasteiger partial charge < -0.3 is 9.26 Å². The van der Waals surface area contributed by atoms with Gasteiger partial charge in [-0.25, -0.2) is 9.65 Å². The molecule has 2 aromatic rings. The fourth-order valence-electron chi connectivity index (χ4n) is 2.09. The highest BCUT2D eigenvalue weighted by Gasteiger charge is 2.32. The van der Waals surface area contributed by atoms with Gasteiger partial charge in [-0.1, -0.05) is 48.3 Å². The molecule has 0 aliphatic heterocycles. The second kappa shape index (κ2) is 10.6. The third kappa shape index (κ3) is 7.34. The van der Waals surface area contributed by atoms with E-state index in [1.165, 1.54) is 0 Å². The number of carbonyl (C=O) groups excluding carboxylic acids is 1. The number of halogens is 2. The molecule has 3 atom stereocenters. The van der Waals surface area contributed by atoms with Crippen LogP contribution in [-0.2, 0) is 14.1 Å². The van der Waals surface area contributed by atoms with Gasteiger partial charge in [-0.05, 0) is 62.0 Å². The van der Waals surface area contributed by atoms with Crippen molar-refractivity contribution in [3.05, 3.63) is 58.6 Å². The molecule has 2 rings (SSSR count). The molecule has 0 bridgehead atoms. The largest absolute Gasteiger partial charge is 0.462 e. The summed E-state index contributed by atoms with van der Waals surface area (Å²) in [6, 6.07) is 12.7. The lowest BCUT2D eigenvalue weighted by molar-refractivity contribution is -0.149. The Morgan fingerprint density at radius 3 is 2.32 bits per heavy atom. The van der Waals surface area contributed by atoms with E-state index < -0.39 is 18.7 Å². The molecule has 0 heterocycles. The molecule has 0 amide bonds. The molecular formula is C19H22Cl2NO4PS. The Kier molecular flexibility index (Phi) is 8.72. The predicted octanol–water partition coefficient (Wildman–Crippen LogP) is 6.59. The topological polar surface area (TPSA) is 64.6 Å². The second-order valence-corrected chi connectivity index (χ2v) is 11.1. The van der Waals surface area contributed by atoms with Gasteiger partial charge in [0.1, 0.15) is 11.8 Å². The van der Waals surface area contributed by atoms with Crippen molar-refractivity contribution in [2.75, 3.05) is 0 Å². The Bertz CT molecular complexity index is 833. The van der Waals surface area contributed by atoms with E-state index in [4.69, 9.17) is 32.5 Å². The molecular weight excluding hydrogens is 440 g/mol. The highest BCUT2D eigenvalue weighted by Crippen LogP contribution is 2.59. The van der Waals surface area contributed by atoms with E-state index in [2.05, 4.69) is 5.09 Å². The van der Waals surface area contributed by atoms with Crippen LogP contribution in [-0.4, -0.2) is 18.1 Å². The van der Waals surface area contributed by atoms with Crippen molar-refractivity contribution < 1.29 is 18.6 Å². The molecule has 5 nitrogen and oxygen atoms in total. The van der Waals surface area contributed by atoms with Gasteiger partial charge in [0.2, 0.25) is 0 Å². The maximum atomic E-state index is 13.6. The van der Waals surface area contributed by atoms with Crippen molar-refractivity contribution in [2.45, 2.75) is 44.2 Å². The summed E-state index contributed by atoms with van der Waals surface area (Å²) in [5.41, 5.74) is 0. The standard InChI is InChI=1S/C19H22Cl2NO4PS/c1-4-13(2)25-19(23)14(3)22-27(24,26-17-8-6-5-7-9-17)28-18-11-15(20)10-16(21)12-18/h5-14H,4H2,1-3H3,(H,22,24)/t13-,14-,27-/m0/s1. The number of carbonyl (C=O) groups is 1. The molecule has 9 heteroatoms. The van der Waals surface area contributed by atoms with Gasteiger partial charge in [0.25, 0.3) is 0 Å². The van der Waals surface area contributed by atoms with Crippen LogP contribution in [0.5, 0.6) is 5.75 Å². The molecule has 0 saturated carbocycles. The SMILES string of the molecule is CC[C@H](C)OC(=O)[C@H](C)N[P@](=O)(Oc1ccccc1)Sc1cc(Cl)cc(Cl)c1. The Morgan fingerprint density at radius 1 is 1.14 bits per heavy atom. The number of esters is 1. The fourth-order valence-corrected chi connectivity index (χ4v) is 6.65. The van der Waals surface area contributed by atoms with Gasteiger partial charge in [0, 0.05) is 14.9 Å². The number of benzene rings is 2. The number of hydrogen-bond donors (Lipinski definition) is 1. The van der Waals surface area contributed by atoms with Gasteiger partial charge >= 0.3 is 12.7 Å². The van der Waals surface area contributed by atoms with Crippen molar-refractivity contribution in [1.29, 1.82) is 0 Å². The number of rotatable bonds is 9.